The van der Waals surface area contributed by atoms with Crippen LogP contribution in [0, 0.1) is 10.1 Å². The zero-order valence-corrected chi connectivity index (χ0v) is 10.1. The van der Waals surface area contributed by atoms with E-state index in [2.05, 4.69) is 4.99 Å². The number of hydrogen-bond acceptors (Lipinski definition) is 4. The minimum absolute atomic E-state index is 0.0569. The van der Waals surface area contributed by atoms with E-state index < -0.39 is 4.92 Å². The van der Waals surface area contributed by atoms with Crippen molar-refractivity contribution in [3.8, 4) is 0 Å². The first kappa shape index (κ1) is 11.4. The van der Waals surface area contributed by atoms with Gasteiger partial charge < -0.3 is 4.90 Å². The van der Waals surface area contributed by atoms with Gasteiger partial charge >= 0.3 is 0 Å². The monoisotopic (exact) mass is 253 g/mol. The fourth-order valence-corrected chi connectivity index (χ4v) is 2.10. The van der Waals surface area contributed by atoms with Crippen LogP contribution in [0.2, 0.25) is 0 Å². The van der Waals surface area contributed by atoms with Crippen molar-refractivity contribution in [2.75, 3.05) is 11.6 Å². The summed E-state index contributed by atoms with van der Waals surface area (Å²) in [4.78, 5) is 16.8. The van der Waals surface area contributed by atoms with Gasteiger partial charge in [0.25, 0.3) is 5.69 Å². The zero-order valence-electron chi connectivity index (χ0n) is 10.1. The first-order chi connectivity index (χ1) is 9.25. The summed E-state index contributed by atoms with van der Waals surface area (Å²) in [6.07, 6.45) is 1.89. The third-order valence-corrected chi connectivity index (χ3v) is 3.01. The molecule has 5 nitrogen and oxygen atoms in total. The fourth-order valence-electron chi connectivity index (χ4n) is 2.10. The number of rotatable bonds is 2. The Balaban J connectivity index is 2.12. The van der Waals surface area contributed by atoms with Crippen LogP contribution in [-0.2, 0) is 0 Å². The van der Waals surface area contributed by atoms with Crippen molar-refractivity contribution in [2.24, 2.45) is 4.99 Å². The van der Waals surface area contributed by atoms with E-state index in [0.717, 1.165) is 10.9 Å². The Labute approximate surface area is 109 Å². The number of para-hydroxylation sites is 2. The number of fused-ring (bicyclic) bond motifs is 1. The number of benzene rings is 2. The van der Waals surface area contributed by atoms with Crippen molar-refractivity contribution < 1.29 is 4.92 Å². The highest BCUT2D eigenvalue weighted by molar-refractivity contribution is 5.59. The number of nitro groups is 1. The molecule has 2 aromatic carbocycles. The molecule has 1 heterocycles. The molecule has 0 saturated heterocycles. The van der Waals surface area contributed by atoms with Gasteiger partial charge in [-0.25, -0.2) is 0 Å². The number of nitro benzene ring substituents is 1. The van der Waals surface area contributed by atoms with Crippen LogP contribution in [0.5, 0.6) is 0 Å². The Morgan fingerprint density at radius 2 is 1.89 bits per heavy atom. The first-order valence-corrected chi connectivity index (χ1v) is 5.87. The summed E-state index contributed by atoms with van der Waals surface area (Å²) >= 11 is 0. The third-order valence-electron chi connectivity index (χ3n) is 3.01. The molecular formula is C14H11N3O2. The first-order valence-electron chi connectivity index (χ1n) is 5.87. The Morgan fingerprint density at radius 1 is 1.11 bits per heavy atom. The molecule has 19 heavy (non-hydrogen) atoms. The molecule has 0 N–H and O–H groups in total. The Bertz CT molecular complexity index is 741. The fraction of sp³-hybridized carbons (Fsp3) is 0.0714. The maximum Gasteiger partial charge on any atom is 0.295 e. The molecule has 94 valence electrons. The largest absolute Gasteiger partial charge is 0.327 e. The molecule has 0 spiro atoms. The summed E-state index contributed by atoms with van der Waals surface area (Å²) in [7, 11) is 0. The van der Waals surface area contributed by atoms with Gasteiger partial charge in [0, 0.05) is 23.2 Å². The van der Waals surface area contributed by atoms with Crippen molar-refractivity contribution in [1.29, 1.82) is 0 Å². The summed E-state index contributed by atoms with van der Waals surface area (Å²) in [6.45, 7) is 0.391. The van der Waals surface area contributed by atoms with Crippen molar-refractivity contribution in [1.82, 2.24) is 0 Å². The highest BCUT2D eigenvalue weighted by Crippen LogP contribution is 2.14. The minimum Gasteiger partial charge on any atom is -0.327 e. The molecule has 1 aliphatic heterocycles. The number of hydrogen-bond donors (Lipinski definition) is 0. The molecule has 1 aliphatic rings. The minimum atomic E-state index is -0.394. The number of non-ortho nitro benzene ring substituents is 1. The topological polar surface area (TPSA) is 58.7 Å². The van der Waals surface area contributed by atoms with Crippen molar-refractivity contribution in [3.63, 3.8) is 0 Å². The van der Waals surface area contributed by atoms with E-state index in [1.54, 1.807) is 6.07 Å². The van der Waals surface area contributed by atoms with E-state index in [0.29, 0.717) is 12.0 Å². The van der Waals surface area contributed by atoms with Crippen LogP contribution in [0.3, 0.4) is 0 Å². The molecule has 0 aliphatic carbocycles. The van der Waals surface area contributed by atoms with Gasteiger partial charge in [0.05, 0.1) is 4.92 Å². The highest BCUT2D eigenvalue weighted by Gasteiger charge is 2.13. The van der Waals surface area contributed by atoms with Gasteiger partial charge in [-0.3, -0.25) is 15.1 Å². The third kappa shape index (κ3) is 2.06. The van der Waals surface area contributed by atoms with Crippen molar-refractivity contribution in [3.05, 3.63) is 69.2 Å². The van der Waals surface area contributed by atoms with Crippen LogP contribution >= 0.6 is 0 Å². The maximum atomic E-state index is 10.9. The second kappa shape index (κ2) is 4.53. The SMILES string of the molecule is O=[N+]([O-])c1cccc2c1=NCN(c1ccccc1)C=2. The summed E-state index contributed by atoms with van der Waals surface area (Å²) in [6, 6.07) is 14.8. The zero-order chi connectivity index (χ0) is 13.2. The molecule has 5 heteroatoms. The lowest BCUT2D eigenvalue weighted by Gasteiger charge is -2.20. The average Bonchev–Trinajstić information content (AvgIpc) is 2.47. The van der Waals surface area contributed by atoms with Crippen LogP contribution in [0.1, 0.15) is 0 Å². The van der Waals surface area contributed by atoms with E-state index in [1.165, 1.54) is 6.07 Å². The van der Waals surface area contributed by atoms with Crippen molar-refractivity contribution >= 4 is 17.6 Å². The van der Waals surface area contributed by atoms with Crippen LogP contribution in [0.4, 0.5) is 11.4 Å². The second-order valence-corrected chi connectivity index (χ2v) is 4.21. The Kier molecular flexibility index (Phi) is 2.72. The van der Waals surface area contributed by atoms with Crippen LogP contribution in [0.15, 0.2) is 53.5 Å². The van der Waals surface area contributed by atoms with Gasteiger partial charge in [0.2, 0.25) is 0 Å². The van der Waals surface area contributed by atoms with E-state index in [9.17, 15) is 10.1 Å². The summed E-state index contributed by atoms with van der Waals surface area (Å²) in [5, 5.41) is 12.2. The highest BCUT2D eigenvalue weighted by atomic mass is 16.6. The number of anilines is 1. The van der Waals surface area contributed by atoms with Crippen LogP contribution in [-0.4, -0.2) is 11.6 Å². The molecule has 0 radical (unpaired) electrons. The lowest BCUT2D eigenvalue weighted by molar-refractivity contribution is -0.386. The Hall–Kier alpha value is -2.69. The normalized spacial score (nSPS) is 13.2. The second-order valence-electron chi connectivity index (χ2n) is 4.21. The van der Waals surface area contributed by atoms with Gasteiger partial charge in [-0.05, 0) is 12.1 Å². The van der Waals surface area contributed by atoms with E-state index in [-0.39, 0.29) is 5.69 Å². The molecule has 0 atom stereocenters. The quantitative estimate of drug-likeness (QED) is 0.601. The molecular weight excluding hydrogens is 242 g/mol. The van der Waals surface area contributed by atoms with Gasteiger partial charge in [-0.2, -0.15) is 0 Å². The van der Waals surface area contributed by atoms with Gasteiger partial charge in [-0.1, -0.05) is 30.3 Å². The maximum absolute atomic E-state index is 10.9. The predicted molar refractivity (Wildman–Crippen MR) is 72.1 cm³/mol. The summed E-state index contributed by atoms with van der Waals surface area (Å²) < 4.78 is 0. The van der Waals surface area contributed by atoms with Crippen molar-refractivity contribution in [2.45, 2.75) is 0 Å². The van der Waals surface area contributed by atoms with E-state index in [4.69, 9.17) is 0 Å². The number of nitrogens with zero attached hydrogens (tertiary/aromatic N) is 3. The summed E-state index contributed by atoms with van der Waals surface area (Å²) in [5.41, 5.74) is 1.07. The van der Waals surface area contributed by atoms with Crippen LogP contribution in [0.25, 0.3) is 6.20 Å². The Morgan fingerprint density at radius 3 is 2.63 bits per heavy atom. The molecule has 3 rings (SSSR count). The lowest BCUT2D eigenvalue weighted by Crippen LogP contribution is -2.37. The van der Waals surface area contributed by atoms with Gasteiger partial charge in [-0.15, -0.1) is 0 Å². The molecule has 0 saturated carbocycles. The molecule has 0 unspecified atom stereocenters. The molecule has 0 bridgehead atoms. The summed E-state index contributed by atoms with van der Waals surface area (Å²) in [5.74, 6) is 0. The predicted octanol–water partition coefficient (Wildman–Crippen LogP) is 1.43. The molecule has 0 aromatic heterocycles. The van der Waals surface area contributed by atoms with Gasteiger partial charge in [0.1, 0.15) is 12.0 Å². The van der Waals surface area contributed by atoms with E-state index >= 15 is 0 Å². The average molecular weight is 253 g/mol. The molecule has 0 fully saturated rings. The smallest absolute Gasteiger partial charge is 0.295 e. The van der Waals surface area contributed by atoms with Gasteiger partial charge in [0.15, 0.2) is 0 Å². The molecule has 0 amide bonds. The lowest BCUT2D eigenvalue weighted by atomic mass is 10.2. The molecule has 2 aromatic rings. The van der Waals surface area contributed by atoms with Crippen LogP contribution < -0.4 is 15.5 Å². The standard InChI is InChI=1S/C14H11N3O2/c18-17(19)13-8-4-5-11-9-16(10-15-14(11)13)12-6-2-1-3-7-12/h1-9H,10H2. The van der Waals surface area contributed by atoms with E-state index in [1.807, 2.05) is 47.5 Å².